The molecular weight excluding hydrogens is 126 g/mol. The molecule has 0 aliphatic carbocycles. The summed E-state index contributed by atoms with van der Waals surface area (Å²) in [6, 6.07) is -1.59. The summed E-state index contributed by atoms with van der Waals surface area (Å²) >= 11 is 0. The Balaban J connectivity index is 3.88. The summed E-state index contributed by atoms with van der Waals surface area (Å²) in [5, 5.41) is 16.1. The van der Waals surface area contributed by atoms with Gasteiger partial charge in [-0.2, -0.15) is 0 Å². The highest BCUT2D eigenvalue weighted by Crippen LogP contribution is 1.79. The molecule has 0 saturated heterocycles. The van der Waals surface area contributed by atoms with Crippen molar-refractivity contribution in [2.24, 2.45) is 5.73 Å². The molecule has 0 aliphatic heterocycles. The zero-order valence-corrected chi connectivity index (χ0v) is 4.57. The first-order valence-electron chi connectivity index (χ1n) is 2.21. The van der Waals surface area contributed by atoms with Gasteiger partial charge in [0.25, 0.3) is 0 Å². The first-order chi connectivity index (χ1) is 4.09. The topological polar surface area (TPSA) is 101 Å². The lowest BCUT2D eigenvalue weighted by Gasteiger charge is -1.99. The Bertz CT molecular complexity index is 133. The Morgan fingerprint density at radius 3 is 2.11 bits per heavy atom. The van der Waals surface area contributed by atoms with Crippen molar-refractivity contribution in [1.82, 2.24) is 0 Å². The fourth-order valence-electron chi connectivity index (χ4n) is 0.236. The standard InChI is InChI=1S/C4H7NO4/c5-3(4(8)9)2(7)1-6/h3,6H,1,5H2,(H,8,9)/t3-/m0/s1. The van der Waals surface area contributed by atoms with Crippen molar-refractivity contribution in [1.29, 1.82) is 0 Å². The lowest BCUT2D eigenvalue weighted by atomic mass is 10.2. The molecule has 52 valence electrons. The molecule has 4 N–H and O–H groups in total. The van der Waals surface area contributed by atoms with E-state index in [1.807, 2.05) is 0 Å². The van der Waals surface area contributed by atoms with E-state index < -0.39 is 24.4 Å². The van der Waals surface area contributed by atoms with Crippen LogP contribution in [0, 0.1) is 0 Å². The number of nitrogens with two attached hydrogens (primary N) is 1. The molecule has 0 bridgehead atoms. The summed E-state index contributed by atoms with van der Waals surface area (Å²) in [7, 11) is 0. The van der Waals surface area contributed by atoms with Crippen molar-refractivity contribution in [3.05, 3.63) is 0 Å². The van der Waals surface area contributed by atoms with Crippen LogP contribution >= 0.6 is 0 Å². The second-order valence-corrected chi connectivity index (χ2v) is 1.44. The highest BCUT2D eigenvalue weighted by molar-refractivity contribution is 6.02. The minimum absolute atomic E-state index is 0.826. The first kappa shape index (κ1) is 8.06. The number of carbonyl (C=O) groups is 2. The number of carboxylic acids is 1. The van der Waals surface area contributed by atoms with Crippen LogP contribution in [0.15, 0.2) is 0 Å². The Morgan fingerprint density at radius 2 is 2.00 bits per heavy atom. The van der Waals surface area contributed by atoms with E-state index in [1.54, 1.807) is 0 Å². The van der Waals surface area contributed by atoms with E-state index in [4.69, 9.17) is 15.9 Å². The van der Waals surface area contributed by atoms with Gasteiger partial charge in [-0.1, -0.05) is 0 Å². The molecule has 0 saturated carbocycles. The zero-order valence-electron chi connectivity index (χ0n) is 4.57. The van der Waals surface area contributed by atoms with Gasteiger partial charge in [0.1, 0.15) is 6.61 Å². The van der Waals surface area contributed by atoms with Crippen molar-refractivity contribution < 1.29 is 19.8 Å². The van der Waals surface area contributed by atoms with Gasteiger partial charge in [0.05, 0.1) is 0 Å². The minimum Gasteiger partial charge on any atom is -0.480 e. The maximum absolute atomic E-state index is 10.2. The molecule has 5 nitrogen and oxygen atoms in total. The van der Waals surface area contributed by atoms with Gasteiger partial charge in [0.2, 0.25) is 0 Å². The van der Waals surface area contributed by atoms with E-state index in [0.29, 0.717) is 0 Å². The summed E-state index contributed by atoms with van der Waals surface area (Å²) in [6.45, 7) is -0.826. The average molecular weight is 133 g/mol. The van der Waals surface area contributed by atoms with Gasteiger partial charge in [0, 0.05) is 0 Å². The molecule has 0 unspecified atom stereocenters. The molecule has 0 aromatic rings. The predicted octanol–water partition coefficient (Wildman–Crippen LogP) is -2.04. The normalized spacial score (nSPS) is 12.7. The van der Waals surface area contributed by atoms with Gasteiger partial charge < -0.3 is 15.9 Å². The Hall–Kier alpha value is -0.940. The van der Waals surface area contributed by atoms with Crippen LogP contribution in [0.4, 0.5) is 0 Å². The Morgan fingerprint density at radius 1 is 1.56 bits per heavy atom. The monoisotopic (exact) mass is 133 g/mol. The van der Waals surface area contributed by atoms with Gasteiger partial charge in [0.15, 0.2) is 11.8 Å². The maximum atomic E-state index is 10.2. The van der Waals surface area contributed by atoms with Gasteiger partial charge >= 0.3 is 5.97 Å². The van der Waals surface area contributed by atoms with Crippen LogP contribution < -0.4 is 5.73 Å². The fourth-order valence-corrected chi connectivity index (χ4v) is 0.236. The van der Waals surface area contributed by atoms with Gasteiger partial charge in [-0.05, 0) is 0 Å². The number of aliphatic hydroxyl groups is 1. The van der Waals surface area contributed by atoms with Crippen molar-refractivity contribution in [3.8, 4) is 0 Å². The highest BCUT2D eigenvalue weighted by atomic mass is 16.4. The molecule has 0 aromatic carbocycles. The second-order valence-electron chi connectivity index (χ2n) is 1.44. The Kier molecular flexibility index (Phi) is 2.83. The number of rotatable bonds is 3. The van der Waals surface area contributed by atoms with E-state index in [1.165, 1.54) is 0 Å². The van der Waals surface area contributed by atoms with E-state index in [2.05, 4.69) is 0 Å². The number of aliphatic hydroxyl groups excluding tert-OH is 1. The third kappa shape index (κ3) is 2.20. The number of Topliss-reactive ketones (excluding diaryl/α,β-unsaturated/α-hetero) is 1. The van der Waals surface area contributed by atoms with E-state index in [9.17, 15) is 9.59 Å². The van der Waals surface area contributed by atoms with Crippen LogP contribution in [-0.2, 0) is 9.59 Å². The smallest absolute Gasteiger partial charge is 0.328 e. The van der Waals surface area contributed by atoms with Crippen LogP contribution in [0.5, 0.6) is 0 Å². The van der Waals surface area contributed by atoms with Crippen molar-refractivity contribution in [3.63, 3.8) is 0 Å². The van der Waals surface area contributed by atoms with Crippen LogP contribution in [0.2, 0.25) is 0 Å². The van der Waals surface area contributed by atoms with Crippen molar-refractivity contribution >= 4 is 11.8 Å². The summed E-state index contributed by atoms with van der Waals surface area (Å²) in [6.07, 6.45) is 0. The zero-order chi connectivity index (χ0) is 7.44. The van der Waals surface area contributed by atoms with Crippen molar-refractivity contribution in [2.45, 2.75) is 6.04 Å². The molecule has 0 spiro atoms. The maximum Gasteiger partial charge on any atom is 0.328 e. The van der Waals surface area contributed by atoms with E-state index in [-0.39, 0.29) is 0 Å². The average Bonchev–Trinajstić information content (AvgIpc) is 1.84. The quantitative estimate of drug-likeness (QED) is 0.385. The van der Waals surface area contributed by atoms with Crippen LogP contribution in [0.3, 0.4) is 0 Å². The van der Waals surface area contributed by atoms with Gasteiger partial charge in [-0.3, -0.25) is 9.59 Å². The van der Waals surface area contributed by atoms with E-state index >= 15 is 0 Å². The number of hydrogen-bond donors (Lipinski definition) is 3. The molecule has 0 heterocycles. The van der Waals surface area contributed by atoms with Gasteiger partial charge in [-0.25, -0.2) is 0 Å². The van der Waals surface area contributed by atoms with Crippen LogP contribution in [-0.4, -0.2) is 34.6 Å². The molecule has 0 rings (SSSR count). The lowest BCUT2D eigenvalue weighted by Crippen LogP contribution is -2.40. The molecule has 0 amide bonds. The fraction of sp³-hybridized carbons (Fsp3) is 0.500. The molecule has 0 aromatic heterocycles. The molecular formula is C4H7NO4. The molecule has 9 heavy (non-hydrogen) atoms. The first-order valence-corrected chi connectivity index (χ1v) is 2.21. The van der Waals surface area contributed by atoms with Crippen LogP contribution in [0.25, 0.3) is 0 Å². The SMILES string of the molecule is N[C@H](C(=O)O)C(=O)CO. The largest absolute Gasteiger partial charge is 0.480 e. The summed E-state index contributed by atoms with van der Waals surface area (Å²) in [5.41, 5.74) is 4.76. The summed E-state index contributed by atoms with van der Waals surface area (Å²) in [4.78, 5) is 20.0. The molecule has 0 radical (unpaired) electrons. The molecule has 5 heteroatoms. The third-order valence-electron chi connectivity index (χ3n) is 0.769. The van der Waals surface area contributed by atoms with E-state index in [0.717, 1.165) is 0 Å². The third-order valence-corrected chi connectivity index (χ3v) is 0.769. The number of ketones is 1. The lowest BCUT2D eigenvalue weighted by molar-refractivity contribution is -0.142. The second kappa shape index (κ2) is 3.16. The summed E-state index contributed by atoms with van der Waals surface area (Å²) in [5.74, 6) is -2.31. The predicted molar refractivity (Wildman–Crippen MR) is 27.7 cm³/mol. The van der Waals surface area contributed by atoms with Crippen LogP contribution in [0.1, 0.15) is 0 Å². The molecule has 1 atom stereocenters. The minimum atomic E-state index is -1.59. The van der Waals surface area contributed by atoms with Crippen molar-refractivity contribution in [2.75, 3.05) is 6.61 Å². The van der Waals surface area contributed by atoms with Gasteiger partial charge in [-0.15, -0.1) is 0 Å². The number of carbonyl (C=O) groups excluding carboxylic acids is 1. The molecule has 0 aliphatic rings. The number of carboxylic acid groups (broad SMARTS) is 1. The number of aliphatic carboxylic acids is 1. The summed E-state index contributed by atoms with van der Waals surface area (Å²) < 4.78 is 0. The number of hydrogen-bond acceptors (Lipinski definition) is 4. The highest BCUT2D eigenvalue weighted by Gasteiger charge is 2.19. The Labute approximate surface area is 51.1 Å². The molecule has 0 fully saturated rings.